The van der Waals surface area contributed by atoms with Crippen molar-refractivity contribution in [2.45, 2.75) is 20.2 Å². The molecular weight excluding hydrogens is 594 g/mol. The number of nitrogens with one attached hydrogen (secondary N) is 2. The van der Waals surface area contributed by atoms with Crippen molar-refractivity contribution in [3.8, 4) is 22.8 Å². The first kappa shape index (κ1) is 31.7. The number of hydrogen-bond donors (Lipinski definition) is 2. The Bertz CT molecular complexity index is 1640. The molecule has 0 spiro atoms. The van der Waals surface area contributed by atoms with E-state index >= 15 is 4.39 Å². The van der Waals surface area contributed by atoms with Crippen molar-refractivity contribution < 1.29 is 36.6 Å². The van der Waals surface area contributed by atoms with E-state index in [1.807, 2.05) is 19.1 Å². The number of alkyl halides is 3. The minimum absolute atomic E-state index is 0.0297. The number of carbonyl (C=O) groups excluding carboxylic acids is 1. The molecule has 1 fully saturated rings. The Kier molecular flexibility index (Phi) is 9.79. The van der Waals surface area contributed by atoms with Gasteiger partial charge in [0, 0.05) is 48.7 Å². The van der Waals surface area contributed by atoms with Crippen molar-refractivity contribution >= 4 is 23.2 Å². The van der Waals surface area contributed by atoms with Crippen LogP contribution in [-0.4, -0.2) is 66.6 Å². The van der Waals surface area contributed by atoms with Crippen LogP contribution in [0.4, 0.5) is 34.9 Å². The van der Waals surface area contributed by atoms with Crippen molar-refractivity contribution in [2.24, 2.45) is 0 Å². The summed E-state index contributed by atoms with van der Waals surface area (Å²) in [6.07, 6.45) is -3.29. The van der Waals surface area contributed by atoms with Gasteiger partial charge in [-0.1, -0.05) is 6.07 Å². The molecule has 0 saturated carbocycles. The second-order valence-electron chi connectivity index (χ2n) is 10.4. The summed E-state index contributed by atoms with van der Waals surface area (Å²) in [7, 11) is 0. The average molecular weight is 626 g/mol. The maximum absolute atomic E-state index is 15.1. The molecule has 3 aromatic carbocycles. The number of aromatic nitrogens is 2. The van der Waals surface area contributed by atoms with Gasteiger partial charge in [0.05, 0.1) is 24.6 Å². The summed E-state index contributed by atoms with van der Waals surface area (Å²) < 4.78 is 67.8. The first-order chi connectivity index (χ1) is 21.5. The lowest BCUT2D eigenvalue weighted by molar-refractivity contribution is -0.274. The van der Waals surface area contributed by atoms with Gasteiger partial charge in [0.25, 0.3) is 5.91 Å². The average Bonchev–Trinajstić information content (AvgIpc) is 3.01. The fourth-order valence-corrected chi connectivity index (χ4v) is 4.62. The van der Waals surface area contributed by atoms with Crippen LogP contribution < -0.4 is 20.1 Å². The molecule has 1 aliphatic heterocycles. The number of anilines is 3. The maximum atomic E-state index is 15.1. The molecule has 4 aromatic rings. The minimum Gasteiger partial charge on any atom is -0.492 e. The molecule has 0 unspecified atom stereocenters. The van der Waals surface area contributed by atoms with Gasteiger partial charge in [0.15, 0.2) is 0 Å². The maximum Gasteiger partial charge on any atom is 0.573 e. The zero-order valence-corrected chi connectivity index (χ0v) is 24.6. The van der Waals surface area contributed by atoms with Gasteiger partial charge in [-0.2, -0.15) is 0 Å². The molecule has 2 N–H and O–H groups in total. The SMILES string of the molecule is Cc1ccc(OCCN2CCOCC2)cc1NC(=O)c1ccc(Nc2ncc(C)c(-c3ccc(OC(F)(F)F)cc3)n2)c(F)c1. The van der Waals surface area contributed by atoms with Crippen molar-refractivity contribution in [1.29, 1.82) is 0 Å². The predicted molar refractivity (Wildman–Crippen MR) is 160 cm³/mol. The summed E-state index contributed by atoms with van der Waals surface area (Å²) in [6.45, 7) is 8.00. The van der Waals surface area contributed by atoms with Gasteiger partial charge in [-0.25, -0.2) is 14.4 Å². The molecule has 0 aliphatic carbocycles. The Morgan fingerprint density at radius 1 is 0.956 bits per heavy atom. The Morgan fingerprint density at radius 2 is 1.69 bits per heavy atom. The molecule has 5 rings (SSSR count). The highest BCUT2D eigenvalue weighted by Gasteiger charge is 2.31. The third kappa shape index (κ3) is 8.67. The van der Waals surface area contributed by atoms with E-state index in [0.717, 1.165) is 31.3 Å². The summed E-state index contributed by atoms with van der Waals surface area (Å²) >= 11 is 0. The van der Waals surface area contributed by atoms with E-state index < -0.39 is 18.1 Å². The number of amides is 1. The van der Waals surface area contributed by atoms with Crippen molar-refractivity contribution in [3.05, 3.63) is 89.4 Å². The third-order valence-electron chi connectivity index (χ3n) is 7.05. The molecule has 1 aromatic heterocycles. The van der Waals surface area contributed by atoms with E-state index in [4.69, 9.17) is 9.47 Å². The molecule has 13 heteroatoms. The summed E-state index contributed by atoms with van der Waals surface area (Å²) in [5.74, 6) is -0.903. The zero-order chi connectivity index (χ0) is 32.0. The van der Waals surface area contributed by atoms with Crippen LogP contribution in [0.15, 0.2) is 66.9 Å². The monoisotopic (exact) mass is 625 g/mol. The van der Waals surface area contributed by atoms with Gasteiger partial charge in [0.2, 0.25) is 5.95 Å². The lowest BCUT2D eigenvalue weighted by Gasteiger charge is -2.26. The fraction of sp³-hybridized carbons (Fsp3) is 0.281. The number of ether oxygens (including phenoxy) is 3. The quantitative estimate of drug-likeness (QED) is 0.193. The van der Waals surface area contributed by atoms with E-state index in [1.165, 1.54) is 42.6 Å². The third-order valence-corrected chi connectivity index (χ3v) is 7.05. The first-order valence-corrected chi connectivity index (χ1v) is 14.2. The normalized spacial score (nSPS) is 13.7. The van der Waals surface area contributed by atoms with Crippen LogP contribution >= 0.6 is 0 Å². The largest absolute Gasteiger partial charge is 0.573 e. The standard InChI is InChI=1S/C32H31F4N5O4/c1-20-3-7-25(44-16-13-41-11-14-43-15-12-41)18-28(20)38-30(42)23-6-10-27(26(33)17-23)39-31-37-19-21(2)29(40-31)22-4-8-24(9-5-22)45-32(34,35)36/h3-10,17-19H,11-16H2,1-2H3,(H,38,42)(H,37,39,40). The lowest BCUT2D eigenvalue weighted by atomic mass is 10.1. The first-order valence-electron chi connectivity index (χ1n) is 14.2. The number of morpholine rings is 1. The van der Waals surface area contributed by atoms with Crippen molar-refractivity contribution in [1.82, 2.24) is 14.9 Å². The highest BCUT2D eigenvalue weighted by Crippen LogP contribution is 2.29. The van der Waals surface area contributed by atoms with Gasteiger partial charge in [0.1, 0.15) is 23.9 Å². The number of carbonyl (C=O) groups is 1. The minimum atomic E-state index is -4.80. The Morgan fingerprint density at radius 3 is 2.40 bits per heavy atom. The number of hydrogen-bond acceptors (Lipinski definition) is 8. The van der Waals surface area contributed by atoms with E-state index in [9.17, 15) is 18.0 Å². The molecule has 1 amide bonds. The molecule has 2 heterocycles. The van der Waals surface area contributed by atoms with E-state index in [-0.39, 0.29) is 22.9 Å². The molecule has 0 bridgehead atoms. The molecule has 0 radical (unpaired) electrons. The summed E-state index contributed by atoms with van der Waals surface area (Å²) in [5.41, 5.74) is 3.10. The molecule has 1 aliphatic rings. The van der Waals surface area contributed by atoms with E-state index in [2.05, 4.69) is 30.2 Å². The Balaban J connectivity index is 1.22. The highest BCUT2D eigenvalue weighted by atomic mass is 19.4. The predicted octanol–water partition coefficient (Wildman–Crippen LogP) is 6.51. The fourth-order valence-electron chi connectivity index (χ4n) is 4.62. The summed E-state index contributed by atoms with van der Waals surface area (Å²) in [6, 6.07) is 14.6. The molecule has 236 valence electrons. The number of aryl methyl sites for hydroxylation is 2. The molecule has 45 heavy (non-hydrogen) atoms. The van der Waals surface area contributed by atoms with Crippen molar-refractivity contribution in [2.75, 3.05) is 50.1 Å². The van der Waals surface area contributed by atoms with Gasteiger partial charge < -0.3 is 24.8 Å². The lowest BCUT2D eigenvalue weighted by Crippen LogP contribution is -2.38. The number of halogens is 4. The summed E-state index contributed by atoms with van der Waals surface area (Å²) in [5, 5.41) is 5.62. The van der Waals surface area contributed by atoms with Gasteiger partial charge in [-0.15, -0.1) is 13.2 Å². The van der Waals surface area contributed by atoms with Gasteiger partial charge in [-0.3, -0.25) is 9.69 Å². The molecule has 0 atom stereocenters. The van der Waals surface area contributed by atoms with Crippen molar-refractivity contribution in [3.63, 3.8) is 0 Å². The van der Waals surface area contributed by atoms with E-state index in [0.29, 0.717) is 48.1 Å². The molecule has 9 nitrogen and oxygen atoms in total. The van der Waals surface area contributed by atoms with Crippen LogP contribution in [-0.2, 0) is 4.74 Å². The van der Waals surface area contributed by atoms with Crippen LogP contribution in [0.1, 0.15) is 21.5 Å². The second-order valence-corrected chi connectivity index (χ2v) is 10.4. The second kappa shape index (κ2) is 13.9. The molecule has 1 saturated heterocycles. The van der Waals surface area contributed by atoms with Gasteiger partial charge >= 0.3 is 6.36 Å². The van der Waals surface area contributed by atoms with Crippen LogP contribution in [0.3, 0.4) is 0 Å². The van der Waals surface area contributed by atoms with E-state index in [1.54, 1.807) is 13.0 Å². The Labute approximate surface area is 257 Å². The number of rotatable bonds is 10. The van der Waals surface area contributed by atoms with Crippen LogP contribution in [0.2, 0.25) is 0 Å². The summed E-state index contributed by atoms with van der Waals surface area (Å²) in [4.78, 5) is 23.9. The Hall–Kier alpha value is -4.75. The zero-order valence-electron chi connectivity index (χ0n) is 24.6. The number of nitrogens with zero attached hydrogens (tertiary/aromatic N) is 3. The van der Waals surface area contributed by atoms with Gasteiger partial charge in [-0.05, 0) is 73.5 Å². The van der Waals surface area contributed by atoms with Crippen LogP contribution in [0.5, 0.6) is 11.5 Å². The van der Waals surface area contributed by atoms with Crippen LogP contribution in [0.25, 0.3) is 11.3 Å². The molecular formula is C32H31F4N5O4. The number of benzene rings is 3. The smallest absolute Gasteiger partial charge is 0.492 e. The highest BCUT2D eigenvalue weighted by molar-refractivity contribution is 6.05. The topological polar surface area (TPSA) is 97.8 Å². The van der Waals surface area contributed by atoms with Crippen LogP contribution in [0, 0.1) is 19.7 Å².